The SMILES string of the molecule is C.CCOC(=O)C(C)CC(C)(CC(C)(CC(C)(CC(C)(CC(C)(CC(C)(CC(C)(CC(C)(CC(C)(CC(C)(CC(C)(CC(C)(CC(C)(CC(C)(C)C(=O)OCC)C(=O)OCC)C(=O)OCC)C(=O)OCC)C(=O)OCC)C(=O)OCC)C(=O)OCC)C(=O)OCC)C(=O)OCC)C(=O)OCC)C(=O)OCC)C(=O)OCC)C(=O)OCC)C(=O)OCC. The van der Waals surface area contributed by atoms with Crippen molar-refractivity contribution in [3.8, 4) is 0 Å². The molecule has 121 heavy (non-hydrogen) atoms. The highest BCUT2D eigenvalue weighted by Gasteiger charge is 2.63. The van der Waals surface area contributed by atoms with Gasteiger partial charge < -0.3 is 71.1 Å². The molecule has 700 valence electrons. The predicted molar refractivity (Wildman–Crippen MR) is 449 cm³/mol. The fourth-order valence-corrected chi connectivity index (χ4v) is 19.4. The van der Waals surface area contributed by atoms with E-state index in [-0.39, 0.29) is 119 Å². The lowest BCUT2D eigenvalue weighted by atomic mass is 9.55. The summed E-state index contributed by atoms with van der Waals surface area (Å²) in [4.78, 5) is 224. The third kappa shape index (κ3) is 31.4. The van der Waals surface area contributed by atoms with Crippen LogP contribution >= 0.6 is 0 Å². The molecule has 30 nitrogen and oxygen atoms in total. The molecule has 0 aliphatic carbocycles. The highest BCUT2D eigenvalue weighted by Crippen LogP contribution is 2.60. The van der Waals surface area contributed by atoms with Gasteiger partial charge in [0.1, 0.15) is 0 Å². The highest BCUT2D eigenvalue weighted by molar-refractivity contribution is 5.90. The molecule has 0 amide bonds. The maximum atomic E-state index is 15.6. The molecule has 0 aliphatic rings. The van der Waals surface area contributed by atoms with Crippen LogP contribution in [-0.4, -0.2) is 189 Å². The van der Waals surface area contributed by atoms with Crippen LogP contribution in [0.3, 0.4) is 0 Å². The van der Waals surface area contributed by atoms with Crippen molar-refractivity contribution in [1.82, 2.24) is 0 Å². The fraction of sp³-hybridized carbons (Fsp3) is 0.835. The summed E-state index contributed by atoms with van der Waals surface area (Å²) in [5, 5.41) is 0. The van der Waals surface area contributed by atoms with Gasteiger partial charge in [-0.25, -0.2) is 0 Å². The van der Waals surface area contributed by atoms with E-state index in [4.69, 9.17) is 71.1 Å². The Hall–Kier alpha value is -7.95. The van der Waals surface area contributed by atoms with Crippen molar-refractivity contribution >= 4 is 89.5 Å². The molecule has 0 saturated carbocycles. The average Bonchev–Trinajstić information content (AvgIpc) is 0.749. The number of hydrogen-bond acceptors (Lipinski definition) is 30. The normalized spacial score (nSPS) is 18.3. The van der Waals surface area contributed by atoms with Gasteiger partial charge in [-0.1, -0.05) is 14.4 Å². The van der Waals surface area contributed by atoms with Crippen molar-refractivity contribution in [2.45, 2.75) is 312 Å². The Bertz CT molecular complexity index is 3450. The maximum absolute atomic E-state index is 15.6. The lowest BCUT2D eigenvalue weighted by Crippen LogP contribution is -2.52. The molecule has 0 fully saturated rings. The van der Waals surface area contributed by atoms with Crippen LogP contribution in [0, 0.1) is 81.7 Å². The minimum Gasteiger partial charge on any atom is -0.466 e. The molecular formula is C91H156O30. The van der Waals surface area contributed by atoms with Crippen molar-refractivity contribution in [2.24, 2.45) is 81.7 Å². The van der Waals surface area contributed by atoms with E-state index in [0.717, 1.165) is 0 Å². The van der Waals surface area contributed by atoms with E-state index in [9.17, 15) is 28.8 Å². The monoisotopic (exact) mass is 1730 g/mol. The summed E-state index contributed by atoms with van der Waals surface area (Å²) in [6.45, 7) is 44.3. The zero-order valence-corrected chi connectivity index (χ0v) is 78.8. The molecule has 0 aliphatic heterocycles. The summed E-state index contributed by atoms with van der Waals surface area (Å²) in [6, 6.07) is 0. The Morgan fingerprint density at radius 3 is 0.413 bits per heavy atom. The van der Waals surface area contributed by atoms with Crippen LogP contribution in [0.1, 0.15) is 312 Å². The van der Waals surface area contributed by atoms with Crippen molar-refractivity contribution in [2.75, 3.05) is 99.1 Å². The topological polar surface area (TPSA) is 394 Å². The molecule has 0 saturated heterocycles. The molecule has 0 aromatic rings. The van der Waals surface area contributed by atoms with Gasteiger partial charge >= 0.3 is 89.5 Å². The molecule has 0 bridgehead atoms. The van der Waals surface area contributed by atoms with Gasteiger partial charge in [0, 0.05) is 0 Å². The van der Waals surface area contributed by atoms with Crippen LogP contribution in [0.4, 0.5) is 0 Å². The van der Waals surface area contributed by atoms with Gasteiger partial charge in [-0.3, -0.25) is 71.9 Å². The van der Waals surface area contributed by atoms with Crippen molar-refractivity contribution in [1.29, 1.82) is 0 Å². The Balaban J connectivity index is 0. The zero-order chi connectivity index (χ0) is 93.4. The number of hydrogen-bond donors (Lipinski definition) is 0. The Morgan fingerprint density at radius 1 is 0.174 bits per heavy atom. The molecule has 14 unspecified atom stereocenters. The molecule has 0 aromatic carbocycles. The summed E-state index contributed by atoms with van der Waals surface area (Å²) in [5.74, 6) is -14.2. The maximum Gasteiger partial charge on any atom is 0.311 e. The molecule has 0 radical (unpaired) electrons. The number of ether oxygens (including phenoxy) is 15. The van der Waals surface area contributed by atoms with Gasteiger partial charge in [0.15, 0.2) is 0 Å². The Kier molecular flexibility index (Phi) is 46.5. The average molecular weight is 1730 g/mol. The highest BCUT2D eigenvalue weighted by atomic mass is 16.6. The van der Waals surface area contributed by atoms with E-state index in [1.54, 1.807) is 76.2 Å². The minimum atomic E-state index is -2.12. The predicted octanol–water partition coefficient (Wildman–Crippen LogP) is 15.3. The van der Waals surface area contributed by atoms with Crippen LogP contribution in [0.15, 0.2) is 0 Å². The van der Waals surface area contributed by atoms with E-state index in [1.807, 2.05) is 0 Å². The molecular weight excluding hydrogens is 1570 g/mol. The van der Waals surface area contributed by atoms with Crippen molar-refractivity contribution < 1.29 is 143 Å². The fourth-order valence-electron chi connectivity index (χ4n) is 19.4. The number of carbonyl (C=O) groups excluding carboxylic acids is 15. The summed E-state index contributed by atoms with van der Waals surface area (Å²) in [6.07, 6.45) is -7.27. The minimum absolute atomic E-state index is 0. The molecule has 0 aromatic heterocycles. The third-order valence-electron chi connectivity index (χ3n) is 22.5. The smallest absolute Gasteiger partial charge is 0.311 e. The van der Waals surface area contributed by atoms with Crippen molar-refractivity contribution in [3.63, 3.8) is 0 Å². The first-order chi connectivity index (χ1) is 55.3. The Morgan fingerprint density at radius 2 is 0.281 bits per heavy atom. The second-order valence-corrected chi connectivity index (χ2v) is 36.4. The Labute approximate surface area is 722 Å². The molecule has 14 atom stereocenters. The van der Waals surface area contributed by atoms with Crippen LogP contribution in [0.5, 0.6) is 0 Å². The first-order valence-corrected chi connectivity index (χ1v) is 42.9. The van der Waals surface area contributed by atoms with Crippen LogP contribution < -0.4 is 0 Å². The van der Waals surface area contributed by atoms with Gasteiger partial charge in [-0.05, 0) is 298 Å². The quantitative estimate of drug-likeness (QED) is 0.0403. The van der Waals surface area contributed by atoms with E-state index >= 15 is 43.2 Å². The van der Waals surface area contributed by atoms with Gasteiger partial charge in [0.25, 0.3) is 0 Å². The summed E-state index contributed by atoms with van der Waals surface area (Å²) >= 11 is 0. The lowest BCUT2D eigenvalue weighted by Gasteiger charge is -2.48. The third-order valence-corrected chi connectivity index (χ3v) is 22.5. The van der Waals surface area contributed by atoms with E-state index < -0.39 is 248 Å². The van der Waals surface area contributed by atoms with Gasteiger partial charge in [0.2, 0.25) is 0 Å². The van der Waals surface area contributed by atoms with Gasteiger partial charge in [-0.15, -0.1) is 0 Å². The van der Waals surface area contributed by atoms with Gasteiger partial charge in [-0.2, -0.15) is 0 Å². The first kappa shape index (κ1) is 115. The molecule has 0 rings (SSSR count). The number of rotatable bonds is 58. The standard InChI is InChI=1S/C90H152O30.CH4/c1-32-106-62(91)61(16)47-78(19,64(93)108-34-3)49-80(21,66(95)110-36-5)51-82(23,68(97)112-38-7)53-84(25,70(99)114-40-9)55-86(27,72(101)116-42-11)57-88(29,74(103)118-44-13)59-90(31,76(105)120-46-15)60-89(30,75(104)119-45-14)58-87(28,73(102)117-43-12)56-85(26,71(100)115-41-10)54-83(24,69(98)113-39-8)52-81(22,67(96)111-37-6)50-79(20,65(94)109-35-4)48-77(17,18)63(92)107-33-2;/h61H,32-60H2,1-31H3;1H4. The second-order valence-electron chi connectivity index (χ2n) is 36.4. The van der Waals surface area contributed by atoms with Gasteiger partial charge in [0.05, 0.1) is 181 Å². The van der Waals surface area contributed by atoms with Crippen molar-refractivity contribution in [3.05, 3.63) is 0 Å². The molecule has 0 heterocycles. The largest absolute Gasteiger partial charge is 0.466 e. The number of esters is 15. The van der Waals surface area contributed by atoms with E-state index in [0.29, 0.717) is 0 Å². The lowest BCUT2D eigenvalue weighted by molar-refractivity contribution is -0.179. The van der Waals surface area contributed by atoms with Crippen LogP contribution in [0.2, 0.25) is 0 Å². The van der Waals surface area contributed by atoms with E-state index in [1.165, 1.54) is 138 Å². The second kappa shape index (κ2) is 48.9. The zero-order valence-electron chi connectivity index (χ0n) is 78.8. The summed E-state index contributed by atoms with van der Waals surface area (Å²) in [5.41, 5.74) is -27.0. The van der Waals surface area contributed by atoms with Crippen LogP contribution in [-0.2, 0) is 143 Å². The van der Waals surface area contributed by atoms with E-state index in [2.05, 4.69) is 0 Å². The molecule has 0 spiro atoms. The molecule has 0 N–H and O–H groups in total. The first-order valence-electron chi connectivity index (χ1n) is 42.9. The van der Waals surface area contributed by atoms with Crippen LogP contribution in [0.25, 0.3) is 0 Å². The molecule has 30 heteroatoms. The summed E-state index contributed by atoms with van der Waals surface area (Å²) < 4.78 is 86.6. The number of carbonyl (C=O) groups is 15. The summed E-state index contributed by atoms with van der Waals surface area (Å²) in [7, 11) is 0.